The Morgan fingerprint density at radius 3 is 2.45 bits per heavy atom. The molecule has 1 atom stereocenters. The van der Waals surface area contributed by atoms with Gasteiger partial charge in [0.2, 0.25) is 11.8 Å². The summed E-state index contributed by atoms with van der Waals surface area (Å²) in [5.41, 5.74) is 6.31. The standard InChI is InChI=1S/C15H21N3O2/c16-9-13(19)17-10-14(20)18-15(12-7-4-8-12)11-5-2-1-3-6-11/h1-3,5-6,12,15H,4,7-10,16H2,(H,17,19)(H,18,20). The minimum absolute atomic E-state index is 0.0217. The van der Waals surface area contributed by atoms with Gasteiger partial charge in [-0.15, -0.1) is 0 Å². The van der Waals surface area contributed by atoms with Crippen molar-refractivity contribution in [1.82, 2.24) is 10.6 Å². The molecule has 1 saturated carbocycles. The van der Waals surface area contributed by atoms with E-state index >= 15 is 0 Å². The second-order valence-electron chi connectivity index (χ2n) is 5.13. The van der Waals surface area contributed by atoms with Gasteiger partial charge in [-0.05, 0) is 24.3 Å². The molecule has 5 nitrogen and oxygen atoms in total. The van der Waals surface area contributed by atoms with E-state index < -0.39 is 0 Å². The summed E-state index contributed by atoms with van der Waals surface area (Å²) in [4.78, 5) is 23.0. The number of amides is 2. The van der Waals surface area contributed by atoms with Gasteiger partial charge < -0.3 is 16.4 Å². The van der Waals surface area contributed by atoms with Gasteiger partial charge in [0.15, 0.2) is 0 Å². The lowest BCUT2D eigenvalue weighted by Gasteiger charge is -2.34. The topological polar surface area (TPSA) is 84.2 Å². The fourth-order valence-corrected chi connectivity index (χ4v) is 2.38. The predicted octanol–water partition coefficient (Wildman–Crippen LogP) is 0.719. The number of rotatable bonds is 6. The first-order valence-electron chi connectivity index (χ1n) is 7.02. The van der Waals surface area contributed by atoms with Crippen LogP contribution in [0.1, 0.15) is 30.9 Å². The smallest absolute Gasteiger partial charge is 0.239 e. The van der Waals surface area contributed by atoms with Crippen LogP contribution in [0.25, 0.3) is 0 Å². The number of hydrogen-bond donors (Lipinski definition) is 3. The van der Waals surface area contributed by atoms with E-state index in [2.05, 4.69) is 10.6 Å². The average Bonchev–Trinajstić information content (AvgIpc) is 2.43. The highest BCUT2D eigenvalue weighted by Crippen LogP contribution is 2.37. The summed E-state index contributed by atoms with van der Waals surface area (Å²) in [6.07, 6.45) is 3.48. The number of nitrogens with one attached hydrogen (secondary N) is 2. The number of nitrogens with two attached hydrogens (primary N) is 1. The van der Waals surface area contributed by atoms with Crippen molar-refractivity contribution < 1.29 is 9.59 Å². The fourth-order valence-electron chi connectivity index (χ4n) is 2.38. The molecule has 1 aliphatic rings. The van der Waals surface area contributed by atoms with Crippen LogP contribution in [0.15, 0.2) is 30.3 Å². The zero-order valence-corrected chi connectivity index (χ0v) is 11.5. The molecule has 0 radical (unpaired) electrons. The first kappa shape index (κ1) is 14.5. The first-order chi connectivity index (χ1) is 9.70. The third kappa shape index (κ3) is 3.81. The van der Waals surface area contributed by atoms with Crippen molar-refractivity contribution in [3.05, 3.63) is 35.9 Å². The molecule has 0 bridgehead atoms. The summed E-state index contributed by atoms with van der Waals surface area (Å²) in [5, 5.41) is 5.51. The monoisotopic (exact) mass is 275 g/mol. The second-order valence-corrected chi connectivity index (χ2v) is 5.13. The average molecular weight is 275 g/mol. The van der Waals surface area contributed by atoms with Gasteiger partial charge in [0, 0.05) is 0 Å². The maximum Gasteiger partial charge on any atom is 0.239 e. The van der Waals surface area contributed by atoms with Crippen LogP contribution in [0.5, 0.6) is 0 Å². The summed E-state index contributed by atoms with van der Waals surface area (Å²) < 4.78 is 0. The molecule has 2 rings (SSSR count). The third-order valence-corrected chi connectivity index (χ3v) is 3.73. The van der Waals surface area contributed by atoms with Crippen LogP contribution in [0.4, 0.5) is 0 Å². The molecular formula is C15H21N3O2. The molecule has 0 aromatic heterocycles. The molecule has 1 fully saturated rings. The van der Waals surface area contributed by atoms with Crippen molar-refractivity contribution in [1.29, 1.82) is 0 Å². The lowest BCUT2D eigenvalue weighted by atomic mass is 9.77. The molecule has 20 heavy (non-hydrogen) atoms. The van der Waals surface area contributed by atoms with Gasteiger partial charge in [-0.2, -0.15) is 0 Å². The van der Waals surface area contributed by atoms with Gasteiger partial charge in [0.1, 0.15) is 0 Å². The lowest BCUT2D eigenvalue weighted by Crippen LogP contribution is -2.43. The molecule has 108 valence electrons. The third-order valence-electron chi connectivity index (χ3n) is 3.73. The fraction of sp³-hybridized carbons (Fsp3) is 0.467. The Balaban J connectivity index is 1.94. The van der Waals surface area contributed by atoms with E-state index in [9.17, 15) is 9.59 Å². The summed E-state index contributed by atoms with van der Waals surface area (Å²) in [6.45, 7) is -0.121. The Bertz CT molecular complexity index is 457. The molecule has 1 aliphatic carbocycles. The maximum atomic E-state index is 11.9. The van der Waals surface area contributed by atoms with E-state index in [-0.39, 0.29) is 30.9 Å². The molecule has 2 amide bonds. The lowest BCUT2D eigenvalue weighted by molar-refractivity contribution is -0.126. The molecule has 0 aliphatic heterocycles. The van der Waals surface area contributed by atoms with Gasteiger partial charge in [-0.3, -0.25) is 9.59 Å². The number of carbonyl (C=O) groups is 2. The van der Waals surface area contributed by atoms with E-state index in [0.29, 0.717) is 5.92 Å². The highest BCUT2D eigenvalue weighted by atomic mass is 16.2. The summed E-state index contributed by atoms with van der Waals surface area (Å²) in [6, 6.07) is 10.0. The van der Waals surface area contributed by atoms with Crippen LogP contribution in [-0.2, 0) is 9.59 Å². The van der Waals surface area contributed by atoms with Crippen molar-refractivity contribution in [2.24, 2.45) is 11.7 Å². The van der Waals surface area contributed by atoms with Crippen molar-refractivity contribution in [3.63, 3.8) is 0 Å². The van der Waals surface area contributed by atoms with Crippen molar-refractivity contribution in [3.8, 4) is 0 Å². The molecule has 4 N–H and O–H groups in total. The van der Waals surface area contributed by atoms with Crippen molar-refractivity contribution in [2.45, 2.75) is 25.3 Å². The van der Waals surface area contributed by atoms with Crippen LogP contribution in [0.2, 0.25) is 0 Å². The molecule has 1 aromatic carbocycles. The highest BCUT2D eigenvalue weighted by molar-refractivity contribution is 5.85. The molecular weight excluding hydrogens is 254 g/mol. The molecule has 5 heteroatoms. The van der Waals surface area contributed by atoms with Crippen LogP contribution in [0, 0.1) is 5.92 Å². The highest BCUT2D eigenvalue weighted by Gasteiger charge is 2.29. The van der Waals surface area contributed by atoms with Crippen LogP contribution in [-0.4, -0.2) is 24.9 Å². The minimum Gasteiger partial charge on any atom is -0.347 e. The summed E-state index contributed by atoms with van der Waals surface area (Å²) >= 11 is 0. The van der Waals surface area contributed by atoms with E-state index in [0.717, 1.165) is 18.4 Å². The minimum atomic E-state index is -0.319. The molecule has 0 heterocycles. The Kier molecular flexibility index (Phi) is 5.12. The summed E-state index contributed by atoms with van der Waals surface area (Å²) in [7, 11) is 0. The van der Waals surface area contributed by atoms with E-state index in [1.54, 1.807) is 0 Å². The molecule has 0 saturated heterocycles. The van der Waals surface area contributed by atoms with Crippen molar-refractivity contribution in [2.75, 3.05) is 13.1 Å². The van der Waals surface area contributed by atoms with Crippen molar-refractivity contribution >= 4 is 11.8 Å². The largest absolute Gasteiger partial charge is 0.347 e. The van der Waals surface area contributed by atoms with Gasteiger partial charge in [0.25, 0.3) is 0 Å². The second kappa shape index (κ2) is 7.05. The SMILES string of the molecule is NCC(=O)NCC(=O)NC(c1ccccc1)C1CCC1. The number of benzene rings is 1. The van der Waals surface area contributed by atoms with Gasteiger partial charge in [-0.1, -0.05) is 36.8 Å². The quantitative estimate of drug-likeness (QED) is 0.715. The summed E-state index contributed by atoms with van der Waals surface area (Å²) in [5.74, 6) is -0.000770. The van der Waals surface area contributed by atoms with E-state index in [4.69, 9.17) is 5.73 Å². The molecule has 1 unspecified atom stereocenters. The molecule has 1 aromatic rings. The Labute approximate surface area is 118 Å². The van der Waals surface area contributed by atoms with Crippen LogP contribution < -0.4 is 16.4 Å². The Hall–Kier alpha value is -1.88. The Morgan fingerprint density at radius 1 is 1.20 bits per heavy atom. The van der Waals surface area contributed by atoms with Gasteiger partial charge in [0.05, 0.1) is 19.1 Å². The predicted molar refractivity (Wildman–Crippen MR) is 76.7 cm³/mol. The van der Waals surface area contributed by atoms with E-state index in [1.807, 2.05) is 30.3 Å². The normalized spacial score (nSPS) is 16.1. The number of hydrogen-bond acceptors (Lipinski definition) is 3. The zero-order chi connectivity index (χ0) is 14.4. The van der Waals surface area contributed by atoms with Crippen LogP contribution in [0.3, 0.4) is 0 Å². The molecule has 0 spiro atoms. The first-order valence-corrected chi connectivity index (χ1v) is 7.02. The maximum absolute atomic E-state index is 11.9. The Morgan fingerprint density at radius 2 is 1.90 bits per heavy atom. The number of carbonyl (C=O) groups excluding carboxylic acids is 2. The zero-order valence-electron chi connectivity index (χ0n) is 11.5. The van der Waals surface area contributed by atoms with Gasteiger partial charge >= 0.3 is 0 Å². The van der Waals surface area contributed by atoms with E-state index in [1.165, 1.54) is 6.42 Å². The van der Waals surface area contributed by atoms with Crippen LogP contribution >= 0.6 is 0 Å². The van der Waals surface area contributed by atoms with Gasteiger partial charge in [-0.25, -0.2) is 0 Å².